The number of methoxy groups -OCH3 is 1. The third kappa shape index (κ3) is 3.75. The van der Waals surface area contributed by atoms with Gasteiger partial charge in [-0.25, -0.2) is 0 Å². The van der Waals surface area contributed by atoms with E-state index >= 15 is 0 Å². The largest absolute Gasteiger partial charge is 0.384 e. The molecule has 0 aliphatic carbocycles. The van der Waals surface area contributed by atoms with Crippen molar-refractivity contribution in [2.75, 3.05) is 33.4 Å². The van der Waals surface area contributed by atoms with Crippen LogP contribution in [0.5, 0.6) is 0 Å². The predicted molar refractivity (Wildman–Crippen MR) is 73.0 cm³/mol. The van der Waals surface area contributed by atoms with Crippen molar-refractivity contribution >= 4 is 5.91 Å². The second-order valence-corrected chi connectivity index (χ2v) is 5.10. The number of hydrogen-bond donors (Lipinski definition) is 2. The number of carbonyl (C=O) groups is 1. The quantitative estimate of drug-likeness (QED) is 0.826. The summed E-state index contributed by atoms with van der Waals surface area (Å²) in [6, 6.07) is 3.45. The van der Waals surface area contributed by atoms with Crippen LogP contribution in [-0.2, 0) is 4.74 Å². The Morgan fingerprint density at radius 2 is 2.11 bits per heavy atom. The van der Waals surface area contributed by atoms with Gasteiger partial charge in [0.05, 0.1) is 6.61 Å². The highest BCUT2D eigenvalue weighted by atomic mass is 16.5. The Balaban J connectivity index is 1.93. The summed E-state index contributed by atoms with van der Waals surface area (Å²) in [6.07, 6.45) is 5.31. The van der Waals surface area contributed by atoms with Gasteiger partial charge in [-0.2, -0.15) is 0 Å². The molecule has 1 aromatic heterocycles. The molecule has 0 bridgehead atoms. The number of aromatic nitrogens is 1. The minimum Gasteiger partial charge on any atom is -0.384 e. The van der Waals surface area contributed by atoms with Gasteiger partial charge in [0.2, 0.25) is 0 Å². The van der Waals surface area contributed by atoms with Crippen molar-refractivity contribution in [1.29, 1.82) is 0 Å². The molecule has 5 heteroatoms. The molecule has 1 saturated heterocycles. The van der Waals surface area contributed by atoms with Crippen molar-refractivity contribution < 1.29 is 9.53 Å². The van der Waals surface area contributed by atoms with E-state index in [1.807, 2.05) is 0 Å². The zero-order valence-corrected chi connectivity index (χ0v) is 11.3. The smallest absolute Gasteiger partial charge is 0.251 e. The maximum Gasteiger partial charge on any atom is 0.251 e. The number of pyridine rings is 1. The molecule has 0 saturated carbocycles. The first-order valence-electron chi connectivity index (χ1n) is 6.64. The molecule has 0 spiro atoms. The normalized spacial score (nSPS) is 17.9. The first-order valence-corrected chi connectivity index (χ1v) is 6.64. The molecule has 0 radical (unpaired) electrons. The van der Waals surface area contributed by atoms with E-state index in [4.69, 9.17) is 4.74 Å². The highest BCUT2D eigenvalue weighted by molar-refractivity contribution is 5.93. The number of nitrogens with zero attached hydrogens (tertiary/aromatic N) is 1. The lowest BCUT2D eigenvalue weighted by molar-refractivity contribution is 0.0511. The summed E-state index contributed by atoms with van der Waals surface area (Å²) in [5.41, 5.74) is 0.708. The number of hydrogen-bond acceptors (Lipinski definition) is 4. The fourth-order valence-corrected chi connectivity index (χ4v) is 2.51. The van der Waals surface area contributed by atoms with Gasteiger partial charge in [-0.05, 0) is 38.1 Å². The Morgan fingerprint density at radius 1 is 1.42 bits per heavy atom. The molecule has 1 fully saturated rings. The van der Waals surface area contributed by atoms with Crippen molar-refractivity contribution in [2.24, 2.45) is 5.41 Å². The van der Waals surface area contributed by atoms with Gasteiger partial charge in [0.15, 0.2) is 0 Å². The molecule has 104 valence electrons. The average molecular weight is 263 g/mol. The fraction of sp³-hybridized carbons (Fsp3) is 0.571. The van der Waals surface area contributed by atoms with Crippen molar-refractivity contribution in [1.82, 2.24) is 15.6 Å². The first-order chi connectivity index (χ1) is 9.26. The van der Waals surface area contributed by atoms with E-state index < -0.39 is 0 Å². The van der Waals surface area contributed by atoms with Crippen LogP contribution in [0.15, 0.2) is 24.5 Å². The van der Waals surface area contributed by atoms with Gasteiger partial charge in [-0.3, -0.25) is 9.78 Å². The van der Waals surface area contributed by atoms with Crippen LogP contribution < -0.4 is 10.6 Å². The number of ether oxygens (including phenoxy) is 1. The minimum absolute atomic E-state index is 0.0450. The molecule has 2 rings (SSSR count). The molecule has 2 N–H and O–H groups in total. The summed E-state index contributed by atoms with van der Waals surface area (Å²) in [5, 5.41) is 6.36. The van der Waals surface area contributed by atoms with Crippen molar-refractivity contribution in [3.63, 3.8) is 0 Å². The van der Waals surface area contributed by atoms with E-state index in [9.17, 15) is 4.79 Å². The molecule has 0 unspecified atom stereocenters. The molecule has 0 atom stereocenters. The lowest BCUT2D eigenvalue weighted by atomic mass is 9.79. The molecule has 1 amide bonds. The Morgan fingerprint density at radius 3 is 2.74 bits per heavy atom. The molecule has 1 aliphatic heterocycles. The van der Waals surface area contributed by atoms with E-state index in [-0.39, 0.29) is 11.3 Å². The van der Waals surface area contributed by atoms with E-state index in [1.54, 1.807) is 31.6 Å². The Labute approximate surface area is 113 Å². The maximum absolute atomic E-state index is 12.0. The van der Waals surface area contributed by atoms with Gasteiger partial charge in [0.1, 0.15) is 0 Å². The molecule has 1 aromatic rings. The van der Waals surface area contributed by atoms with Gasteiger partial charge in [-0.1, -0.05) is 0 Å². The molecular formula is C14H21N3O2. The summed E-state index contributed by atoms with van der Waals surface area (Å²) in [7, 11) is 1.72. The van der Waals surface area contributed by atoms with Crippen molar-refractivity contribution in [3.8, 4) is 0 Å². The van der Waals surface area contributed by atoms with E-state index in [0.29, 0.717) is 18.7 Å². The Kier molecular flexibility index (Phi) is 4.87. The van der Waals surface area contributed by atoms with Crippen molar-refractivity contribution in [2.45, 2.75) is 12.8 Å². The second kappa shape index (κ2) is 6.63. The maximum atomic E-state index is 12.0. The van der Waals surface area contributed by atoms with Crippen LogP contribution in [0.25, 0.3) is 0 Å². The van der Waals surface area contributed by atoms with E-state index in [0.717, 1.165) is 25.9 Å². The molecule has 19 heavy (non-hydrogen) atoms. The number of carbonyl (C=O) groups excluding carboxylic acids is 1. The molecule has 1 aliphatic rings. The SMILES string of the molecule is COCC1(CNC(=O)c2ccncc2)CCNCC1. The van der Waals surface area contributed by atoms with E-state index in [2.05, 4.69) is 15.6 Å². The number of piperidine rings is 1. The zero-order chi connectivity index (χ0) is 13.6. The van der Waals surface area contributed by atoms with Gasteiger partial charge in [-0.15, -0.1) is 0 Å². The minimum atomic E-state index is -0.0450. The fourth-order valence-electron chi connectivity index (χ4n) is 2.51. The number of amides is 1. The third-order valence-electron chi connectivity index (χ3n) is 3.68. The van der Waals surface area contributed by atoms with Gasteiger partial charge >= 0.3 is 0 Å². The van der Waals surface area contributed by atoms with Crippen LogP contribution in [0.3, 0.4) is 0 Å². The lowest BCUT2D eigenvalue weighted by Gasteiger charge is -2.37. The molecule has 0 aromatic carbocycles. The first kappa shape index (κ1) is 14.0. The highest BCUT2D eigenvalue weighted by Gasteiger charge is 2.32. The van der Waals surface area contributed by atoms with Crippen LogP contribution >= 0.6 is 0 Å². The molecular weight excluding hydrogens is 242 g/mol. The summed E-state index contributed by atoms with van der Waals surface area (Å²) in [4.78, 5) is 16.0. The second-order valence-electron chi connectivity index (χ2n) is 5.10. The van der Waals surface area contributed by atoms with Gasteiger partial charge < -0.3 is 15.4 Å². The summed E-state index contributed by atoms with van der Waals surface area (Å²) >= 11 is 0. The number of nitrogens with one attached hydrogen (secondary N) is 2. The lowest BCUT2D eigenvalue weighted by Crippen LogP contribution is -2.47. The Bertz CT molecular complexity index is 397. The van der Waals surface area contributed by atoms with Crippen LogP contribution in [0, 0.1) is 5.41 Å². The van der Waals surface area contributed by atoms with Crippen molar-refractivity contribution in [3.05, 3.63) is 30.1 Å². The third-order valence-corrected chi connectivity index (χ3v) is 3.68. The van der Waals surface area contributed by atoms with Gasteiger partial charge in [0, 0.05) is 37.0 Å². The summed E-state index contributed by atoms with van der Waals surface area (Å²) in [6.45, 7) is 3.30. The summed E-state index contributed by atoms with van der Waals surface area (Å²) < 4.78 is 5.33. The van der Waals surface area contributed by atoms with Crippen LogP contribution in [0.2, 0.25) is 0 Å². The number of rotatable bonds is 5. The van der Waals surface area contributed by atoms with Crippen LogP contribution in [-0.4, -0.2) is 44.2 Å². The standard InChI is InChI=1S/C14H21N3O2/c1-19-11-14(4-8-16-9-5-14)10-17-13(18)12-2-6-15-7-3-12/h2-3,6-7,16H,4-5,8-11H2,1H3,(H,17,18). The topological polar surface area (TPSA) is 63.2 Å². The van der Waals surface area contributed by atoms with Gasteiger partial charge in [0.25, 0.3) is 5.91 Å². The van der Waals surface area contributed by atoms with Crippen LogP contribution in [0.4, 0.5) is 0 Å². The Hall–Kier alpha value is -1.46. The molecule has 5 nitrogen and oxygen atoms in total. The monoisotopic (exact) mass is 263 g/mol. The van der Waals surface area contributed by atoms with Crippen LogP contribution in [0.1, 0.15) is 23.2 Å². The molecule has 2 heterocycles. The average Bonchev–Trinajstić information content (AvgIpc) is 2.47. The summed E-state index contributed by atoms with van der Waals surface area (Å²) in [5.74, 6) is -0.0450. The van der Waals surface area contributed by atoms with E-state index in [1.165, 1.54) is 0 Å². The highest BCUT2D eigenvalue weighted by Crippen LogP contribution is 2.28. The predicted octanol–water partition coefficient (Wildman–Crippen LogP) is 0.828. The zero-order valence-electron chi connectivity index (χ0n) is 11.3.